The Kier molecular flexibility index (Phi) is 5.96. The first kappa shape index (κ1) is 19.1. The fourth-order valence-electron chi connectivity index (χ4n) is 3.16. The topological polar surface area (TPSA) is 52.3 Å². The van der Waals surface area contributed by atoms with E-state index in [0.29, 0.717) is 11.1 Å². The summed E-state index contributed by atoms with van der Waals surface area (Å²) in [7, 11) is 0. The third kappa shape index (κ3) is 4.07. The summed E-state index contributed by atoms with van der Waals surface area (Å²) in [5.74, 6) is -0.757. The van der Waals surface area contributed by atoms with Crippen molar-refractivity contribution in [3.63, 3.8) is 0 Å². The predicted molar refractivity (Wildman–Crippen MR) is 99.0 cm³/mol. The van der Waals surface area contributed by atoms with Gasteiger partial charge in [0.1, 0.15) is 5.82 Å². The van der Waals surface area contributed by atoms with Gasteiger partial charge in [0, 0.05) is 11.6 Å². The maximum absolute atomic E-state index is 14.8. The number of carbonyl (C=O) groups excluding carboxylic acids is 1. The van der Waals surface area contributed by atoms with E-state index in [0.717, 1.165) is 27.8 Å². The van der Waals surface area contributed by atoms with Gasteiger partial charge < -0.3 is 10.5 Å². The molecule has 1 unspecified atom stereocenters. The number of aryl methyl sites for hydroxylation is 3. The molecule has 0 aliphatic heterocycles. The molecule has 0 aromatic heterocycles. The first-order chi connectivity index (χ1) is 11.8. The van der Waals surface area contributed by atoms with Crippen LogP contribution in [0, 0.1) is 33.5 Å². The van der Waals surface area contributed by atoms with E-state index in [-0.39, 0.29) is 18.8 Å². The van der Waals surface area contributed by atoms with Crippen LogP contribution < -0.4 is 5.73 Å². The molecule has 2 aromatic rings. The van der Waals surface area contributed by atoms with Gasteiger partial charge in [0.2, 0.25) is 0 Å². The number of benzene rings is 2. The molecule has 0 bridgehead atoms. The summed E-state index contributed by atoms with van der Waals surface area (Å²) in [6.45, 7) is 9.67. The lowest BCUT2D eigenvalue weighted by Crippen LogP contribution is -2.20. The highest BCUT2D eigenvalue weighted by atomic mass is 19.1. The molecule has 0 spiro atoms. The second kappa shape index (κ2) is 7.79. The van der Waals surface area contributed by atoms with Gasteiger partial charge in [-0.15, -0.1) is 0 Å². The highest BCUT2D eigenvalue weighted by molar-refractivity contribution is 5.75. The first-order valence-electron chi connectivity index (χ1n) is 8.54. The summed E-state index contributed by atoms with van der Waals surface area (Å²) < 4.78 is 19.7. The van der Waals surface area contributed by atoms with Crippen LogP contribution in [0.4, 0.5) is 4.39 Å². The molecule has 0 saturated carbocycles. The molecule has 0 heterocycles. The van der Waals surface area contributed by atoms with Gasteiger partial charge in [-0.3, -0.25) is 4.79 Å². The zero-order valence-corrected chi connectivity index (χ0v) is 15.6. The molecule has 0 aliphatic carbocycles. The van der Waals surface area contributed by atoms with Crippen LogP contribution in [0.2, 0.25) is 0 Å². The Bertz CT molecular complexity index is 799. The Morgan fingerprint density at radius 3 is 2.44 bits per heavy atom. The van der Waals surface area contributed by atoms with E-state index in [1.165, 1.54) is 0 Å². The van der Waals surface area contributed by atoms with Crippen LogP contribution in [-0.4, -0.2) is 12.6 Å². The molecule has 0 aliphatic rings. The van der Waals surface area contributed by atoms with Crippen molar-refractivity contribution in [3.05, 3.63) is 57.9 Å². The van der Waals surface area contributed by atoms with Crippen LogP contribution in [0.15, 0.2) is 24.3 Å². The third-order valence-electron chi connectivity index (χ3n) is 4.50. The van der Waals surface area contributed by atoms with Crippen molar-refractivity contribution >= 4 is 5.97 Å². The molecule has 0 amide bonds. The van der Waals surface area contributed by atoms with E-state index < -0.39 is 12.0 Å². The van der Waals surface area contributed by atoms with Crippen LogP contribution >= 0.6 is 0 Å². The Morgan fingerprint density at radius 2 is 1.80 bits per heavy atom. The number of nitrogens with two attached hydrogens (primary N) is 1. The van der Waals surface area contributed by atoms with Crippen molar-refractivity contribution < 1.29 is 13.9 Å². The molecule has 2 N–H and O–H groups in total. The predicted octanol–water partition coefficient (Wildman–Crippen LogP) is 4.68. The monoisotopic (exact) mass is 343 g/mol. The Labute approximate surface area is 149 Å². The molecular weight excluding hydrogens is 317 g/mol. The van der Waals surface area contributed by atoms with E-state index >= 15 is 0 Å². The Hall–Kier alpha value is -2.20. The number of rotatable bonds is 5. The number of esters is 1. The second-order valence-electron chi connectivity index (χ2n) is 6.53. The fourth-order valence-corrected chi connectivity index (χ4v) is 3.16. The zero-order valence-electron chi connectivity index (χ0n) is 15.6. The second-order valence-corrected chi connectivity index (χ2v) is 6.53. The van der Waals surface area contributed by atoms with Crippen molar-refractivity contribution in [1.29, 1.82) is 0 Å². The van der Waals surface area contributed by atoms with E-state index in [2.05, 4.69) is 18.2 Å². The minimum atomic E-state index is -0.734. The highest BCUT2D eigenvalue weighted by Crippen LogP contribution is 2.35. The average molecular weight is 343 g/mol. The normalized spacial score (nSPS) is 12.1. The van der Waals surface area contributed by atoms with Crippen molar-refractivity contribution in [3.8, 4) is 11.1 Å². The minimum Gasteiger partial charge on any atom is -0.466 e. The van der Waals surface area contributed by atoms with Gasteiger partial charge in [-0.05, 0) is 68.5 Å². The summed E-state index contributed by atoms with van der Waals surface area (Å²) in [6.07, 6.45) is -0.0404. The van der Waals surface area contributed by atoms with Crippen molar-refractivity contribution in [2.24, 2.45) is 5.73 Å². The van der Waals surface area contributed by atoms with Crippen molar-refractivity contribution in [2.45, 2.75) is 47.1 Å². The minimum absolute atomic E-state index is 0.0404. The van der Waals surface area contributed by atoms with Crippen LogP contribution in [0.3, 0.4) is 0 Å². The first-order valence-corrected chi connectivity index (χ1v) is 8.54. The summed E-state index contributed by atoms with van der Waals surface area (Å²) in [4.78, 5) is 11.8. The number of hydrogen-bond acceptors (Lipinski definition) is 3. The lowest BCUT2D eigenvalue weighted by molar-refractivity contribution is -0.143. The maximum Gasteiger partial charge on any atom is 0.307 e. The molecule has 4 heteroatoms. The van der Waals surface area contributed by atoms with E-state index in [9.17, 15) is 9.18 Å². The quantitative estimate of drug-likeness (QED) is 0.802. The molecule has 0 saturated heterocycles. The standard InChI is InChI=1S/C21H26FNO2/c1-6-25-19(24)11-18(23)20-15(5)17(10-14(4)21(20)22)16-9-12(2)7-8-13(16)3/h7-10,18H,6,11,23H2,1-5H3. The maximum atomic E-state index is 14.8. The van der Waals surface area contributed by atoms with Gasteiger partial charge in [0.05, 0.1) is 13.0 Å². The molecule has 1 atom stereocenters. The van der Waals surface area contributed by atoms with Crippen LogP contribution in [0.25, 0.3) is 11.1 Å². The SMILES string of the molecule is CCOC(=O)CC(N)c1c(C)c(-c2cc(C)ccc2C)cc(C)c1F. The molecule has 0 radical (unpaired) electrons. The van der Waals surface area contributed by atoms with E-state index in [4.69, 9.17) is 10.5 Å². The van der Waals surface area contributed by atoms with Crippen molar-refractivity contribution in [2.75, 3.05) is 6.61 Å². The third-order valence-corrected chi connectivity index (χ3v) is 4.50. The van der Waals surface area contributed by atoms with E-state index in [1.807, 2.05) is 26.8 Å². The molecule has 25 heavy (non-hydrogen) atoms. The summed E-state index contributed by atoms with van der Waals surface area (Å²) in [6, 6.07) is 7.32. The Balaban J connectivity index is 2.57. The average Bonchev–Trinajstić information content (AvgIpc) is 2.53. The summed E-state index contributed by atoms with van der Waals surface area (Å²) in [5.41, 5.74) is 12.1. The zero-order chi connectivity index (χ0) is 18.7. The molecule has 2 rings (SSSR count). The van der Waals surface area contributed by atoms with Gasteiger partial charge in [-0.2, -0.15) is 0 Å². The van der Waals surface area contributed by atoms with Gasteiger partial charge in [-0.25, -0.2) is 4.39 Å². The van der Waals surface area contributed by atoms with Crippen LogP contribution in [0.1, 0.15) is 47.2 Å². The largest absolute Gasteiger partial charge is 0.466 e. The lowest BCUT2D eigenvalue weighted by atomic mass is 9.87. The van der Waals surface area contributed by atoms with Crippen LogP contribution in [0.5, 0.6) is 0 Å². The lowest BCUT2D eigenvalue weighted by Gasteiger charge is -2.21. The number of halogens is 1. The van der Waals surface area contributed by atoms with Gasteiger partial charge in [0.15, 0.2) is 0 Å². The summed E-state index contributed by atoms with van der Waals surface area (Å²) in [5, 5.41) is 0. The fraction of sp³-hybridized carbons (Fsp3) is 0.381. The molecule has 2 aromatic carbocycles. The number of ether oxygens (including phenoxy) is 1. The van der Waals surface area contributed by atoms with Gasteiger partial charge in [-0.1, -0.05) is 23.8 Å². The molecule has 3 nitrogen and oxygen atoms in total. The smallest absolute Gasteiger partial charge is 0.307 e. The van der Waals surface area contributed by atoms with Gasteiger partial charge in [0.25, 0.3) is 0 Å². The molecule has 0 fully saturated rings. The van der Waals surface area contributed by atoms with Crippen molar-refractivity contribution in [1.82, 2.24) is 0 Å². The summed E-state index contributed by atoms with van der Waals surface area (Å²) >= 11 is 0. The van der Waals surface area contributed by atoms with Gasteiger partial charge >= 0.3 is 5.97 Å². The number of carbonyl (C=O) groups is 1. The Morgan fingerprint density at radius 1 is 1.12 bits per heavy atom. The number of hydrogen-bond donors (Lipinski definition) is 1. The molecule has 134 valence electrons. The molecular formula is C21H26FNO2. The van der Waals surface area contributed by atoms with E-state index in [1.54, 1.807) is 13.8 Å². The van der Waals surface area contributed by atoms with Crippen LogP contribution in [-0.2, 0) is 9.53 Å². The highest BCUT2D eigenvalue weighted by Gasteiger charge is 2.23.